The highest BCUT2D eigenvalue weighted by atomic mass is 16.5. The molecular formula is C11H22N2O. The normalized spacial score (nSPS) is 24.8. The van der Waals surface area contributed by atoms with E-state index in [2.05, 4.69) is 30.2 Å². The molecule has 0 aromatic heterocycles. The second kappa shape index (κ2) is 6.02. The van der Waals surface area contributed by atoms with Gasteiger partial charge in [0.1, 0.15) is 0 Å². The first-order valence-electron chi connectivity index (χ1n) is 5.57. The van der Waals surface area contributed by atoms with E-state index in [1.807, 2.05) is 0 Å². The third-order valence-corrected chi connectivity index (χ3v) is 2.82. The van der Waals surface area contributed by atoms with E-state index in [9.17, 15) is 0 Å². The number of ether oxygens (including phenoxy) is 1. The van der Waals surface area contributed by atoms with Crippen LogP contribution in [0.25, 0.3) is 0 Å². The predicted octanol–water partition coefficient (Wildman–Crippen LogP) is 2.13. The molecule has 0 aliphatic carbocycles. The van der Waals surface area contributed by atoms with Gasteiger partial charge >= 0.3 is 0 Å². The minimum atomic E-state index is 0.500. The summed E-state index contributed by atoms with van der Waals surface area (Å²) < 4.78 is 5.17. The number of hydrogen-bond acceptors (Lipinski definition) is 3. The summed E-state index contributed by atoms with van der Waals surface area (Å²) in [5, 5.41) is 6.70. The Kier molecular flexibility index (Phi) is 4.94. The van der Waals surface area contributed by atoms with E-state index in [0.717, 1.165) is 19.6 Å². The van der Waals surface area contributed by atoms with E-state index in [4.69, 9.17) is 4.74 Å². The fourth-order valence-corrected chi connectivity index (χ4v) is 1.64. The van der Waals surface area contributed by atoms with E-state index in [-0.39, 0.29) is 0 Å². The first-order chi connectivity index (χ1) is 6.77. The van der Waals surface area contributed by atoms with E-state index in [1.165, 1.54) is 12.8 Å². The highest BCUT2D eigenvalue weighted by molar-refractivity contribution is 5.59. The van der Waals surface area contributed by atoms with Crippen LogP contribution in [0, 0.1) is 5.92 Å². The number of hydrogen-bond donors (Lipinski definition) is 0. The molecule has 0 aromatic carbocycles. The molecular weight excluding hydrogens is 176 g/mol. The highest BCUT2D eigenvalue weighted by Crippen LogP contribution is 2.17. The van der Waals surface area contributed by atoms with Gasteiger partial charge in [0.05, 0.1) is 12.6 Å². The fourth-order valence-electron chi connectivity index (χ4n) is 1.64. The van der Waals surface area contributed by atoms with Crippen molar-refractivity contribution in [3.05, 3.63) is 0 Å². The van der Waals surface area contributed by atoms with E-state index in [1.54, 1.807) is 7.11 Å². The standard InChI is InChI=1S/C11H22N2O/c1-4-10(2)8-12-13-7-5-6-11(13)9-14-3/h8,10-11H,4-7,9H2,1-3H3/b12-8+/t10-,11+/m1/s1. The monoisotopic (exact) mass is 198 g/mol. The summed E-state index contributed by atoms with van der Waals surface area (Å²) in [7, 11) is 1.76. The summed E-state index contributed by atoms with van der Waals surface area (Å²) in [5.74, 6) is 0.582. The molecule has 1 heterocycles. The van der Waals surface area contributed by atoms with Crippen molar-refractivity contribution in [2.24, 2.45) is 11.0 Å². The van der Waals surface area contributed by atoms with E-state index >= 15 is 0 Å². The van der Waals surface area contributed by atoms with Crippen LogP contribution in [-0.4, -0.2) is 37.5 Å². The van der Waals surface area contributed by atoms with Crippen LogP contribution in [-0.2, 0) is 4.74 Å². The van der Waals surface area contributed by atoms with Crippen molar-refractivity contribution in [3.63, 3.8) is 0 Å². The largest absolute Gasteiger partial charge is 0.382 e. The number of rotatable bonds is 5. The molecule has 0 aromatic rings. The molecule has 0 bridgehead atoms. The maximum absolute atomic E-state index is 5.17. The first-order valence-corrected chi connectivity index (χ1v) is 5.57. The molecule has 1 rings (SSSR count). The molecule has 1 saturated heterocycles. The highest BCUT2D eigenvalue weighted by Gasteiger charge is 2.22. The van der Waals surface area contributed by atoms with Gasteiger partial charge in [0.25, 0.3) is 0 Å². The molecule has 1 fully saturated rings. The van der Waals surface area contributed by atoms with Crippen molar-refractivity contribution >= 4 is 6.21 Å². The van der Waals surface area contributed by atoms with Crippen LogP contribution >= 0.6 is 0 Å². The van der Waals surface area contributed by atoms with Gasteiger partial charge in [-0.15, -0.1) is 0 Å². The Balaban J connectivity index is 2.38. The SMILES string of the molecule is CC[C@@H](C)/C=N/N1CCC[C@H]1COC. The maximum atomic E-state index is 5.17. The first kappa shape index (κ1) is 11.5. The number of hydrazone groups is 1. The van der Waals surface area contributed by atoms with Crippen LogP contribution in [0.4, 0.5) is 0 Å². The number of methoxy groups -OCH3 is 1. The van der Waals surface area contributed by atoms with Gasteiger partial charge in [0, 0.05) is 19.9 Å². The summed E-state index contributed by atoms with van der Waals surface area (Å²) in [6.45, 7) is 6.27. The summed E-state index contributed by atoms with van der Waals surface area (Å²) in [6, 6.07) is 0.500. The summed E-state index contributed by atoms with van der Waals surface area (Å²) in [5.41, 5.74) is 0. The van der Waals surface area contributed by atoms with Crippen molar-refractivity contribution < 1.29 is 4.74 Å². The predicted molar refractivity (Wildman–Crippen MR) is 59.6 cm³/mol. The molecule has 1 aliphatic rings. The van der Waals surface area contributed by atoms with Gasteiger partial charge in [0.2, 0.25) is 0 Å². The smallest absolute Gasteiger partial charge is 0.0704 e. The van der Waals surface area contributed by atoms with Crippen molar-refractivity contribution in [1.82, 2.24) is 5.01 Å². The molecule has 2 atom stereocenters. The molecule has 0 saturated carbocycles. The van der Waals surface area contributed by atoms with Gasteiger partial charge in [-0.1, -0.05) is 13.8 Å². The summed E-state index contributed by atoms with van der Waals surface area (Å²) in [4.78, 5) is 0. The Morgan fingerprint density at radius 1 is 1.64 bits per heavy atom. The van der Waals surface area contributed by atoms with Crippen molar-refractivity contribution in [2.45, 2.75) is 39.2 Å². The average molecular weight is 198 g/mol. The maximum Gasteiger partial charge on any atom is 0.0704 e. The molecule has 3 heteroatoms. The van der Waals surface area contributed by atoms with Gasteiger partial charge in [-0.3, -0.25) is 5.01 Å². The van der Waals surface area contributed by atoms with Gasteiger partial charge in [-0.2, -0.15) is 5.10 Å². The second-order valence-electron chi connectivity index (χ2n) is 4.06. The lowest BCUT2D eigenvalue weighted by atomic mass is 10.1. The van der Waals surface area contributed by atoms with Gasteiger partial charge in [0.15, 0.2) is 0 Å². The minimum absolute atomic E-state index is 0.500. The van der Waals surface area contributed by atoms with Crippen LogP contribution in [0.15, 0.2) is 5.10 Å². The van der Waals surface area contributed by atoms with Crippen LogP contribution < -0.4 is 0 Å². The topological polar surface area (TPSA) is 24.8 Å². The van der Waals surface area contributed by atoms with Crippen molar-refractivity contribution in [2.75, 3.05) is 20.3 Å². The van der Waals surface area contributed by atoms with Crippen LogP contribution in [0.1, 0.15) is 33.1 Å². The Labute approximate surface area is 87.1 Å². The Morgan fingerprint density at radius 2 is 2.43 bits per heavy atom. The molecule has 0 radical (unpaired) electrons. The van der Waals surface area contributed by atoms with E-state index < -0.39 is 0 Å². The van der Waals surface area contributed by atoms with Crippen molar-refractivity contribution in [3.8, 4) is 0 Å². The molecule has 0 unspecified atom stereocenters. The summed E-state index contributed by atoms with van der Waals surface area (Å²) in [6.07, 6.45) is 5.68. The third kappa shape index (κ3) is 3.29. The van der Waals surface area contributed by atoms with Crippen LogP contribution in [0.3, 0.4) is 0 Å². The van der Waals surface area contributed by atoms with Gasteiger partial charge in [-0.25, -0.2) is 0 Å². The van der Waals surface area contributed by atoms with Crippen LogP contribution in [0.5, 0.6) is 0 Å². The number of nitrogens with zero attached hydrogens (tertiary/aromatic N) is 2. The van der Waals surface area contributed by atoms with Crippen LogP contribution in [0.2, 0.25) is 0 Å². The zero-order valence-electron chi connectivity index (χ0n) is 9.57. The van der Waals surface area contributed by atoms with Gasteiger partial charge in [-0.05, 0) is 25.2 Å². The minimum Gasteiger partial charge on any atom is -0.382 e. The lowest BCUT2D eigenvalue weighted by Crippen LogP contribution is -2.28. The molecule has 82 valence electrons. The average Bonchev–Trinajstić information content (AvgIpc) is 2.62. The second-order valence-corrected chi connectivity index (χ2v) is 4.06. The quantitative estimate of drug-likeness (QED) is 0.632. The third-order valence-electron chi connectivity index (χ3n) is 2.82. The Morgan fingerprint density at radius 3 is 3.07 bits per heavy atom. The van der Waals surface area contributed by atoms with E-state index in [0.29, 0.717) is 12.0 Å². The molecule has 3 nitrogen and oxygen atoms in total. The molecule has 0 amide bonds. The zero-order valence-corrected chi connectivity index (χ0v) is 9.57. The lowest BCUT2D eigenvalue weighted by molar-refractivity contribution is 0.118. The van der Waals surface area contributed by atoms with Crippen molar-refractivity contribution in [1.29, 1.82) is 0 Å². The Bertz CT molecular complexity index is 182. The molecule has 0 N–H and O–H groups in total. The van der Waals surface area contributed by atoms with Gasteiger partial charge < -0.3 is 4.74 Å². The molecule has 0 spiro atoms. The molecule has 14 heavy (non-hydrogen) atoms. The molecule has 1 aliphatic heterocycles. The lowest BCUT2D eigenvalue weighted by Gasteiger charge is -2.20. The fraction of sp³-hybridized carbons (Fsp3) is 0.909. The summed E-state index contributed by atoms with van der Waals surface area (Å²) >= 11 is 0. The zero-order chi connectivity index (χ0) is 10.4. The Hall–Kier alpha value is -0.570.